The summed E-state index contributed by atoms with van der Waals surface area (Å²) in [5.41, 5.74) is -0.659. The summed E-state index contributed by atoms with van der Waals surface area (Å²) in [6, 6.07) is 0. The van der Waals surface area contributed by atoms with Gasteiger partial charge in [-0.1, -0.05) is 92.4 Å². The molecule has 218 valence electrons. The Hall–Kier alpha value is -1.93. The first-order valence-electron chi connectivity index (χ1n) is 14.8. The van der Waals surface area contributed by atoms with Crippen LogP contribution >= 0.6 is 0 Å². The minimum Gasteiger partial charge on any atom is -0.459 e. The van der Waals surface area contributed by atoms with E-state index in [9.17, 15) is 19.5 Å². The molecule has 0 bridgehead atoms. The molecule has 0 amide bonds. The van der Waals surface area contributed by atoms with Gasteiger partial charge in [0.2, 0.25) is 0 Å². The Morgan fingerprint density at radius 2 is 1.55 bits per heavy atom. The molecule has 2 heterocycles. The molecule has 0 aliphatic carbocycles. The highest BCUT2D eigenvalue weighted by molar-refractivity contribution is 5.69. The third-order valence-electron chi connectivity index (χ3n) is 7.88. The number of H-pyrrole nitrogens is 1. The molecule has 8 heteroatoms. The SMILES string of the molecule is Cc1cn([C@H]2C[C@H](OC(=O)CC(C)CCCC(C)CCCC(C)CCCC(C)C)[C@@H](CO)O2)c(=O)[nH]c1=O. The van der Waals surface area contributed by atoms with Gasteiger partial charge >= 0.3 is 11.7 Å². The van der Waals surface area contributed by atoms with Gasteiger partial charge in [-0.15, -0.1) is 0 Å². The van der Waals surface area contributed by atoms with Crippen molar-refractivity contribution in [3.63, 3.8) is 0 Å². The lowest BCUT2D eigenvalue weighted by molar-refractivity contribution is -0.154. The molecular weight excluding hydrogens is 484 g/mol. The Morgan fingerprint density at radius 1 is 1.00 bits per heavy atom. The summed E-state index contributed by atoms with van der Waals surface area (Å²) in [7, 11) is 0. The summed E-state index contributed by atoms with van der Waals surface area (Å²) < 4.78 is 12.7. The molecule has 1 aromatic rings. The summed E-state index contributed by atoms with van der Waals surface area (Å²) in [4.78, 5) is 38.7. The predicted octanol–water partition coefficient (Wildman–Crippen LogP) is 5.50. The number of carbonyl (C=O) groups excluding carboxylic acids is 1. The predicted molar refractivity (Wildman–Crippen MR) is 150 cm³/mol. The number of hydrogen-bond acceptors (Lipinski definition) is 6. The Bertz CT molecular complexity index is 955. The molecule has 2 N–H and O–H groups in total. The van der Waals surface area contributed by atoms with Crippen molar-refractivity contribution < 1.29 is 19.4 Å². The number of nitrogens with zero attached hydrogens (tertiary/aromatic N) is 1. The van der Waals surface area contributed by atoms with Crippen molar-refractivity contribution in [1.82, 2.24) is 9.55 Å². The van der Waals surface area contributed by atoms with Gasteiger partial charge in [-0.05, 0) is 30.6 Å². The van der Waals surface area contributed by atoms with Crippen LogP contribution in [0.15, 0.2) is 15.8 Å². The van der Waals surface area contributed by atoms with E-state index in [1.807, 2.05) is 0 Å². The monoisotopic (exact) mass is 536 g/mol. The number of rotatable bonds is 17. The number of esters is 1. The normalized spacial score (nSPS) is 21.9. The van der Waals surface area contributed by atoms with Crippen molar-refractivity contribution in [3.05, 3.63) is 32.6 Å². The van der Waals surface area contributed by atoms with E-state index in [0.717, 1.165) is 24.7 Å². The highest BCUT2D eigenvalue weighted by Crippen LogP contribution is 2.30. The van der Waals surface area contributed by atoms with Crippen LogP contribution in [0.4, 0.5) is 0 Å². The van der Waals surface area contributed by atoms with E-state index in [4.69, 9.17) is 9.47 Å². The van der Waals surface area contributed by atoms with E-state index in [1.54, 1.807) is 6.92 Å². The van der Waals surface area contributed by atoms with Crippen molar-refractivity contribution in [2.45, 2.75) is 131 Å². The fourth-order valence-corrected chi connectivity index (χ4v) is 5.36. The maximum atomic E-state index is 12.6. The van der Waals surface area contributed by atoms with Gasteiger partial charge < -0.3 is 14.6 Å². The first kappa shape index (κ1) is 32.3. The van der Waals surface area contributed by atoms with Crippen LogP contribution in [0.1, 0.15) is 117 Å². The Kier molecular flexibility index (Phi) is 13.8. The molecule has 2 rings (SSSR count). The molecule has 0 aromatic carbocycles. The number of hydrogen-bond donors (Lipinski definition) is 2. The molecular formula is C30H52N2O6. The first-order chi connectivity index (χ1) is 18.0. The van der Waals surface area contributed by atoms with Gasteiger partial charge in [-0.25, -0.2) is 4.79 Å². The number of aryl methyl sites for hydroxylation is 1. The van der Waals surface area contributed by atoms with Crippen molar-refractivity contribution in [2.75, 3.05) is 6.61 Å². The van der Waals surface area contributed by atoms with Gasteiger partial charge in [0.15, 0.2) is 0 Å². The molecule has 0 spiro atoms. The number of aliphatic hydroxyl groups is 1. The number of aromatic amines is 1. The van der Waals surface area contributed by atoms with Crippen LogP contribution in [-0.4, -0.2) is 39.4 Å². The lowest BCUT2D eigenvalue weighted by Gasteiger charge is -2.18. The van der Waals surface area contributed by atoms with Crippen LogP contribution in [-0.2, 0) is 14.3 Å². The van der Waals surface area contributed by atoms with E-state index in [2.05, 4.69) is 39.6 Å². The molecule has 8 nitrogen and oxygen atoms in total. The lowest BCUT2D eigenvalue weighted by atomic mass is 9.91. The van der Waals surface area contributed by atoms with Crippen LogP contribution in [0.2, 0.25) is 0 Å². The van der Waals surface area contributed by atoms with Crippen molar-refractivity contribution in [2.24, 2.45) is 23.7 Å². The zero-order valence-electron chi connectivity index (χ0n) is 24.5. The van der Waals surface area contributed by atoms with Gasteiger partial charge in [0, 0.05) is 24.6 Å². The molecule has 1 aliphatic heterocycles. The Balaban J connectivity index is 1.67. The fourth-order valence-electron chi connectivity index (χ4n) is 5.36. The molecule has 1 aliphatic rings. The molecule has 3 unspecified atom stereocenters. The van der Waals surface area contributed by atoms with Crippen molar-refractivity contribution >= 4 is 5.97 Å². The third-order valence-corrected chi connectivity index (χ3v) is 7.88. The number of carbonyl (C=O) groups is 1. The molecule has 1 aromatic heterocycles. The first-order valence-corrected chi connectivity index (χ1v) is 14.8. The van der Waals surface area contributed by atoms with Gasteiger partial charge in [0.1, 0.15) is 18.4 Å². The maximum Gasteiger partial charge on any atom is 0.330 e. The second kappa shape index (κ2) is 16.2. The van der Waals surface area contributed by atoms with Gasteiger partial charge in [0.05, 0.1) is 6.61 Å². The average Bonchev–Trinajstić information content (AvgIpc) is 3.23. The fraction of sp³-hybridized carbons (Fsp3) is 0.833. The average molecular weight is 537 g/mol. The highest BCUT2D eigenvalue weighted by Gasteiger charge is 2.39. The van der Waals surface area contributed by atoms with E-state index >= 15 is 0 Å². The Labute approximate surface area is 228 Å². The van der Waals surface area contributed by atoms with Gasteiger partial charge in [-0.2, -0.15) is 0 Å². The third kappa shape index (κ3) is 11.0. The second-order valence-corrected chi connectivity index (χ2v) is 12.3. The lowest BCUT2D eigenvalue weighted by Crippen LogP contribution is -2.33. The minimum atomic E-state index is -0.713. The number of aromatic nitrogens is 2. The smallest absolute Gasteiger partial charge is 0.330 e. The molecule has 1 saturated heterocycles. The quantitative estimate of drug-likeness (QED) is 0.254. The zero-order valence-corrected chi connectivity index (χ0v) is 24.5. The molecule has 0 radical (unpaired) electrons. The number of aliphatic hydroxyl groups excluding tert-OH is 1. The van der Waals surface area contributed by atoms with Crippen LogP contribution < -0.4 is 11.2 Å². The van der Waals surface area contributed by atoms with Crippen LogP contribution in [0.3, 0.4) is 0 Å². The number of nitrogens with one attached hydrogen (secondary N) is 1. The van der Waals surface area contributed by atoms with Crippen LogP contribution in [0.5, 0.6) is 0 Å². The second-order valence-electron chi connectivity index (χ2n) is 12.3. The molecule has 6 atom stereocenters. The summed E-state index contributed by atoms with van der Waals surface area (Å²) in [6.45, 7) is 12.7. The van der Waals surface area contributed by atoms with Gasteiger partial charge in [-0.3, -0.25) is 19.1 Å². The van der Waals surface area contributed by atoms with E-state index in [1.165, 1.54) is 55.7 Å². The van der Waals surface area contributed by atoms with Crippen molar-refractivity contribution in [3.8, 4) is 0 Å². The standard InChI is InChI=1S/C30H52N2O6/c1-20(2)10-7-11-21(3)12-8-13-22(4)14-9-15-23(5)16-28(34)38-25-17-27(37-26(25)19-33)32-18-24(6)29(35)31-30(32)36/h18,20-23,25-27,33H,7-17,19H2,1-6H3,(H,31,35,36)/t21?,22?,23?,25-,26+,27+/m0/s1. The zero-order chi connectivity index (χ0) is 28.2. The van der Waals surface area contributed by atoms with Crippen molar-refractivity contribution in [1.29, 1.82) is 0 Å². The van der Waals surface area contributed by atoms with E-state index in [0.29, 0.717) is 17.9 Å². The van der Waals surface area contributed by atoms with E-state index < -0.39 is 29.7 Å². The van der Waals surface area contributed by atoms with Gasteiger partial charge in [0.25, 0.3) is 5.56 Å². The maximum absolute atomic E-state index is 12.6. The summed E-state index contributed by atoms with van der Waals surface area (Å²) in [5.74, 6) is 2.23. The topological polar surface area (TPSA) is 111 Å². The molecule has 38 heavy (non-hydrogen) atoms. The van der Waals surface area contributed by atoms with E-state index in [-0.39, 0.29) is 24.9 Å². The summed E-state index contributed by atoms with van der Waals surface area (Å²) in [5, 5.41) is 9.72. The minimum absolute atomic E-state index is 0.214. The summed E-state index contributed by atoms with van der Waals surface area (Å²) in [6.07, 6.45) is 11.1. The van der Waals surface area contributed by atoms with Crippen LogP contribution in [0.25, 0.3) is 0 Å². The molecule has 0 saturated carbocycles. The number of ether oxygens (including phenoxy) is 2. The Morgan fingerprint density at radius 3 is 2.11 bits per heavy atom. The largest absolute Gasteiger partial charge is 0.459 e. The molecule has 1 fully saturated rings. The highest BCUT2D eigenvalue weighted by atomic mass is 16.6. The van der Waals surface area contributed by atoms with Crippen LogP contribution in [0, 0.1) is 30.6 Å². The summed E-state index contributed by atoms with van der Waals surface area (Å²) >= 11 is 0.